The van der Waals surface area contributed by atoms with E-state index < -0.39 is 24.9 Å². The predicted molar refractivity (Wildman–Crippen MR) is 39.3 cm³/mol. The van der Waals surface area contributed by atoms with Crippen molar-refractivity contribution < 1.29 is 25.2 Å². The van der Waals surface area contributed by atoms with E-state index in [1.54, 1.807) is 0 Å². The summed E-state index contributed by atoms with van der Waals surface area (Å²) < 4.78 is 4.90. The van der Waals surface area contributed by atoms with Crippen molar-refractivity contribution in [3.63, 3.8) is 0 Å². The Morgan fingerprint density at radius 1 is 1.42 bits per heavy atom. The van der Waals surface area contributed by atoms with E-state index in [1.165, 1.54) is 6.92 Å². The third-order valence-corrected chi connectivity index (χ3v) is 1.85. The van der Waals surface area contributed by atoms with Gasteiger partial charge < -0.3 is 25.2 Å². The minimum absolute atomic E-state index is 0.131. The maximum atomic E-state index is 9.20. The van der Waals surface area contributed by atoms with E-state index in [1.807, 2.05) is 0 Å². The second-order valence-electron chi connectivity index (χ2n) is 2.72. The number of hydrogen-bond acceptors (Lipinski definition) is 5. The van der Waals surface area contributed by atoms with Crippen molar-refractivity contribution in [2.24, 2.45) is 0 Å². The predicted octanol–water partition coefficient (Wildman–Crippen LogP) is -1.11. The average Bonchev–Trinajstić information content (AvgIpc) is 2.08. The zero-order chi connectivity index (χ0) is 9.30. The highest BCUT2D eigenvalue weighted by Gasteiger charge is 2.36. The van der Waals surface area contributed by atoms with E-state index in [0.717, 1.165) is 0 Å². The van der Waals surface area contributed by atoms with Crippen LogP contribution in [0.3, 0.4) is 0 Å². The van der Waals surface area contributed by atoms with Crippen LogP contribution in [-0.2, 0) is 4.74 Å². The summed E-state index contributed by atoms with van der Waals surface area (Å²) in [5.41, 5.74) is 0. The van der Waals surface area contributed by atoms with Gasteiger partial charge in [0, 0.05) is 0 Å². The van der Waals surface area contributed by atoms with E-state index in [-0.39, 0.29) is 11.5 Å². The molecule has 0 amide bonds. The summed E-state index contributed by atoms with van der Waals surface area (Å²) in [7, 11) is 0. The molecule has 70 valence electrons. The summed E-state index contributed by atoms with van der Waals surface area (Å²) in [6.45, 7) is 1.05. The second-order valence-corrected chi connectivity index (χ2v) is 2.72. The number of aliphatic hydroxyl groups excluding tert-OH is 4. The summed E-state index contributed by atoms with van der Waals surface area (Å²) in [5, 5.41) is 36.1. The van der Waals surface area contributed by atoms with Crippen LogP contribution < -0.4 is 0 Å². The number of rotatable bonds is 1. The Hall–Kier alpha value is -0.780. The minimum atomic E-state index is -1.36. The summed E-state index contributed by atoms with van der Waals surface area (Å²) in [6, 6.07) is 0. The van der Waals surface area contributed by atoms with Crippen LogP contribution >= 0.6 is 0 Å². The number of aliphatic hydroxyl groups is 4. The van der Waals surface area contributed by atoms with Crippen LogP contribution in [0.25, 0.3) is 0 Å². The van der Waals surface area contributed by atoms with Crippen molar-refractivity contribution in [1.82, 2.24) is 0 Å². The first-order chi connectivity index (χ1) is 5.57. The molecule has 0 spiro atoms. The van der Waals surface area contributed by atoms with Gasteiger partial charge in [0.2, 0.25) is 0 Å². The highest BCUT2D eigenvalue weighted by molar-refractivity contribution is 5.10. The highest BCUT2D eigenvalue weighted by atomic mass is 16.5. The zero-order valence-corrected chi connectivity index (χ0v) is 6.64. The van der Waals surface area contributed by atoms with Gasteiger partial charge in [-0.15, -0.1) is 0 Å². The average molecular weight is 176 g/mol. The summed E-state index contributed by atoms with van der Waals surface area (Å²) in [5.74, 6) is -0.251. The fraction of sp³-hybridized carbons (Fsp3) is 0.714. The lowest BCUT2D eigenvalue weighted by molar-refractivity contribution is -0.111. The number of allylic oxidation sites excluding steroid dienone is 1. The maximum Gasteiger partial charge on any atom is 0.161 e. The summed E-state index contributed by atoms with van der Waals surface area (Å²) in [4.78, 5) is 0. The van der Waals surface area contributed by atoms with Gasteiger partial charge in [0.05, 0.1) is 6.61 Å². The smallest absolute Gasteiger partial charge is 0.161 e. The zero-order valence-electron chi connectivity index (χ0n) is 6.64. The van der Waals surface area contributed by atoms with Gasteiger partial charge in [-0.2, -0.15) is 0 Å². The van der Waals surface area contributed by atoms with Gasteiger partial charge >= 0.3 is 0 Å². The van der Waals surface area contributed by atoms with E-state index >= 15 is 0 Å². The standard InChI is InChI=1S/C7H12O5/c1-3-5(9)7(11)6(10)4(2-8)12-3/h4,6-11H,2H2,1H3/t4?,6-,7?/m0/s1. The Balaban J connectivity index is 2.83. The third-order valence-electron chi connectivity index (χ3n) is 1.85. The molecule has 1 aliphatic rings. The molecule has 5 heteroatoms. The first-order valence-electron chi connectivity index (χ1n) is 3.61. The van der Waals surface area contributed by atoms with Crippen LogP contribution in [-0.4, -0.2) is 45.3 Å². The van der Waals surface area contributed by atoms with Crippen LogP contribution in [0.1, 0.15) is 6.92 Å². The van der Waals surface area contributed by atoms with Crippen molar-refractivity contribution >= 4 is 0 Å². The Kier molecular flexibility index (Phi) is 2.56. The van der Waals surface area contributed by atoms with Crippen molar-refractivity contribution in [2.45, 2.75) is 25.2 Å². The molecule has 1 heterocycles. The van der Waals surface area contributed by atoms with E-state index in [9.17, 15) is 5.11 Å². The normalized spacial score (nSPS) is 36.5. The van der Waals surface area contributed by atoms with Gasteiger partial charge in [0.15, 0.2) is 11.9 Å². The first-order valence-corrected chi connectivity index (χ1v) is 3.61. The molecule has 0 aromatic carbocycles. The molecule has 12 heavy (non-hydrogen) atoms. The molecule has 1 aliphatic heterocycles. The van der Waals surface area contributed by atoms with Crippen LogP contribution in [0, 0.1) is 0 Å². The van der Waals surface area contributed by atoms with Crippen molar-refractivity contribution in [2.75, 3.05) is 6.61 Å². The molecular weight excluding hydrogens is 164 g/mol. The van der Waals surface area contributed by atoms with Gasteiger partial charge in [-0.3, -0.25) is 0 Å². The van der Waals surface area contributed by atoms with Gasteiger partial charge in [0.1, 0.15) is 18.0 Å². The lowest BCUT2D eigenvalue weighted by Gasteiger charge is -2.31. The molecule has 5 nitrogen and oxygen atoms in total. The fourth-order valence-corrected chi connectivity index (χ4v) is 1.08. The SMILES string of the molecule is CC1=C(O)C(O)[C@@H](O)C(CO)O1. The lowest BCUT2D eigenvalue weighted by atomic mass is 10.0. The monoisotopic (exact) mass is 176 g/mol. The van der Waals surface area contributed by atoms with Crippen LogP contribution in [0.15, 0.2) is 11.5 Å². The van der Waals surface area contributed by atoms with E-state index in [4.69, 9.17) is 20.1 Å². The topological polar surface area (TPSA) is 90.2 Å². The molecule has 0 saturated heterocycles. The van der Waals surface area contributed by atoms with Crippen molar-refractivity contribution in [3.05, 3.63) is 11.5 Å². The summed E-state index contributed by atoms with van der Waals surface area (Å²) >= 11 is 0. The first kappa shape index (κ1) is 9.31. The van der Waals surface area contributed by atoms with Crippen LogP contribution in [0.2, 0.25) is 0 Å². The Morgan fingerprint density at radius 2 is 2.00 bits per heavy atom. The molecule has 3 atom stereocenters. The molecule has 0 aliphatic carbocycles. The number of hydrogen-bond donors (Lipinski definition) is 4. The quantitative estimate of drug-likeness (QED) is 0.406. The van der Waals surface area contributed by atoms with Gasteiger partial charge in [-0.25, -0.2) is 0 Å². The molecule has 4 N–H and O–H groups in total. The maximum absolute atomic E-state index is 9.20. The van der Waals surface area contributed by atoms with Crippen molar-refractivity contribution in [3.8, 4) is 0 Å². The Morgan fingerprint density at radius 3 is 2.50 bits per heavy atom. The molecule has 0 fully saturated rings. The Bertz CT molecular complexity index is 200. The van der Waals surface area contributed by atoms with Gasteiger partial charge in [0.25, 0.3) is 0 Å². The molecular formula is C7H12O5. The molecule has 0 aromatic heterocycles. The van der Waals surface area contributed by atoms with Crippen LogP contribution in [0.4, 0.5) is 0 Å². The largest absolute Gasteiger partial charge is 0.506 e. The van der Waals surface area contributed by atoms with E-state index in [0.29, 0.717) is 0 Å². The van der Waals surface area contributed by atoms with Crippen LogP contribution in [0.5, 0.6) is 0 Å². The van der Waals surface area contributed by atoms with Gasteiger partial charge in [-0.05, 0) is 6.92 Å². The minimum Gasteiger partial charge on any atom is -0.506 e. The molecule has 0 bridgehead atoms. The van der Waals surface area contributed by atoms with Gasteiger partial charge in [-0.1, -0.05) is 0 Å². The fourth-order valence-electron chi connectivity index (χ4n) is 1.08. The molecule has 0 aromatic rings. The van der Waals surface area contributed by atoms with Crippen molar-refractivity contribution in [1.29, 1.82) is 0 Å². The molecule has 0 saturated carbocycles. The van der Waals surface area contributed by atoms with E-state index in [2.05, 4.69) is 0 Å². The highest BCUT2D eigenvalue weighted by Crippen LogP contribution is 2.22. The number of ether oxygens (including phenoxy) is 1. The third kappa shape index (κ3) is 1.38. The Labute approximate surface area is 69.5 Å². The molecule has 1 rings (SSSR count). The molecule has 0 radical (unpaired) electrons. The summed E-state index contributed by atoms with van der Waals surface area (Å²) in [6.07, 6.45) is -3.51. The lowest BCUT2D eigenvalue weighted by Crippen LogP contribution is -2.45. The second kappa shape index (κ2) is 3.30. The molecule has 2 unspecified atom stereocenters.